The Hall–Kier alpha value is -1.51. The fourth-order valence-corrected chi connectivity index (χ4v) is 1.47. The summed E-state index contributed by atoms with van der Waals surface area (Å²) in [6.07, 6.45) is 0.248. The summed E-state index contributed by atoms with van der Waals surface area (Å²) >= 11 is 0. The summed E-state index contributed by atoms with van der Waals surface area (Å²) < 4.78 is 5.72. The molecule has 3 nitrogen and oxygen atoms in total. The summed E-state index contributed by atoms with van der Waals surface area (Å²) in [7, 11) is 1.62. The number of nitrogens with one attached hydrogen (secondary N) is 1. The van der Waals surface area contributed by atoms with Crippen molar-refractivity contribution in [1.29, 1.82) is 0 Å². The minimum atomic E-state index is -0.412. The van der Waals surface area contributed by atoms with Crippen LogP contribution in [0.5, 0.6) is 5.75 Å². The van der Waals surface area contributed by atoms with Gasteiger partial charge in [0.15, 0.2) is 6.10 Å². The fraction of sp³-hybridized carbons (Fsp3) is 0.462. The van der Waals surface area contributed by atoms with E-state index >= 15 is 0 Å². The molecule has 1 aromatic rings. The first-order chi connectivity index (χ1) is 7.58. The molecule has 1 atom stereocenters. The van der Waals surface area contributed by atoms with Crippen molar-refractivity contribution in [2.45, 2.75) is 33.3 Å². The standard InChI is InChI=1S/C13H19NO2/c1-5-11(13(15)14-4)16-12-8-9(2)6-7-10(12)3/h6-8,11H,5H2,1-4H3,(H,14,15)/t11-/m0/s1. The van der Waals surface area contributed by atoms with E-state index in [9.17, 15) is 4.79 Å². The lowest BCUT2D eigenvalue weighted by molar-refractivity contribution is -0.127. The molecule has 0 radical (unpaired) electrons. The monoisotopic (exact) mass is 221 g/mol. The topological polar surface area (TPSA) is 38.3 Å². The van der Waals surface area contributed by atoms with Crippen molar-refractivity contribution in [3.8, 4) is 5.75 Å². The highest BCUT2D eigenvalue weighted by Crippen LogP contribution is 2.21. The normalized spacial score (nSPS) is 12.0. The summed E-state index contributed by atoms with van der Waals surface area (Å²) in [4.78, 5) is 11.5. The second kappa shape index (κ2) is 5.54. The molecule has 0 saturated heterocycles. The zero-order chi connectivity index (χ0) is 12.1. The van der Waals surface area contributed by atoms with E-state index < -0.39 is 6.10 Å². The zero-order valence-electron chi connectivity index (χ0n) is 10.3. The summed E-state index contributed by atoms with van der Waals surface area (Å²) in [6, 6.07) is 5.99. The van der Waals surface area contributed by atoms with Crippen LogP contribution in [-0.2, 0) is 4.79 Å². The minimum Gasteiger partial charge on any atom is -0.480 e. The van der Waals surface area contributed by atoms with Crippen molar-refractivity contribution < 1.29 is 9.53 Å². The Morgan fingerprint density at radius 3 is 2.69 bits per heavy atom. The Bertz CT molecular complexity index is 374. The molecule has 0 aliphatic heterocycles. The molecule has 88 valence electrons. The molecule has 3 heteroatoms. The third kappa shape index (κ3) is 2.99. The summed E-state index contributed by atoms with van der Waals surface area (Å²) in [5, 5.41) is 2.61. The molecule has 0 aromatic heterocycles. The van der Waals surface area contributed by atoms with Gasteiger partial charge in [0, 0.05) is 7.05 Å². The first-order valence-electron chi connectivity index (χ1n) is 5.54. The van der Waals surface area contributed by atoms with E-state index in [2.05, 4.69) is 5.32 Å². The van der Waals surface area contributed by atoms with E-state index in [0.29, 0.717) is 6.42 Å². The van der Waals surface area contributed by atoms with E-state index in [1.807, 2.05) is 39.0 Å². The van der Waals surface area contributed by atoms with Crippen LogP contribution in [0.4, 0.5) is 0 Å². The lowest BCUT2D eigenvalue weighted by Crippen LogP contribution is -2.35. The Morgan fingerprint density at radius 2 is 2.12 bits per heavy atom. The molecule has 0 aliphatic rings. The van der Waals surface area contributed by atoms with Crippen LogP contribution in [-0.4, -0.2) is 19.1 Å². The second-order valence-corrected chi connectivity index (χ2v) is 3.90. The van der Waals surface area contributed by atoms with Crippen LogP contribution >= 0.6 is 0 Å². The maximum absolute atomic E-state index is 11.5. The molecule has 0 heterocycles. The molecule has 1 rings (SSSR count). The van der Waals surface area contributed by atoms with Crippen molar-refractivity contribution in [3.05, 3.63) is 29.3 Å². The first-order valence-corrected chi connectivity index (χ1v) is 5.54. The Morgan fingerprint density at radius 1 is 1.44 bits per heavy atom. The smallest absolute Gasteiger partial charge is 0.260 e. The largest absolute Gasteiger partial charge is 0.480 e. The molecule has 0 aliphatic carbocycles. The number of hydrogen-bond donors (Lipinski definition) is 1. The van der Waals surface area contributed by atoms with Crippen LogP contribution in [0.25, 0.3) is 0 Å². The van der Waals surface area contributed by atoms with Crippen molar-refractivity contribution in [2.24, 2.45) is 0 Å². The van der Waals surface area contributed by atoms with Gasteiger partial charge in [-0.1, -0.05) is 19.1 Å². The maximum Gasteiger partial charge on any atom is 0.260 e. The van der Waals surface area contributed by atoms with Gasteiger partial charge in [0.25, 0.3) is 5.91 Å². The highest BCUT2D eigenvalue weighted by atomic mass is 16.5. The van der Waals surface area contributed by atoms with Gasteiger partial charge in [-0.25, -0.2) is 0 Å². The van der Waals surface area contributed by atoms with E-state index in [4.69, 9.17) is 4.74 Å². The predicted octanol–water partition coefficient (Wildman–Crippen LogP) is 2.21. The van der Waals surface area contributed by atoms with Crippen LogP contribution in [0, 0.1) is 13.8 Å². The Labute approximate surface area is 96.8 Å². The van der Waals surface area contributed by atoms with Crippen LogP contribution in [0.2, 0.25) is 0 Å². The lowest BCUT2D eigenvalue weighted by Gasteiger charge is -2.17. The number of amides is 1. The van der Waals surface area contributed by atoms with E-state index in [1.54, 1.807) is 7.05 Å². The van der Waals surface area contributed by atoms with Crippen molar-refractivity contribution in [2.75, 3.05) is 7.05 Å². The molecule has 1 aromatic carbocycles. The number of hydrogen-bond acceptors (Lipinski definition) is 2. The van der Waals surface area contributed by atoms with E-state index in [1.165, 1.54) is 0 Å². The number of carbonyl (C=O) groups is 1. The zero-order valence-corrected chi connectivity index (χ0v) is 10.3. The van der Waals surface area contributed by atoms with Crippen LogP contribution < -0.4 is 10.1 Å². The van der Waals surface area contributed by atoms with Gasteiger partial charge in [-0.15, -0.1) is 0 Å². The number of likely N-dealkylation sites (N-methyl/N-ethyl adjacent to an activating group) is 1. The van der Waals surface area contributed by atoms with Gasteiger partial charge < -0.3 is 10.1 Å². The van der Waals surface area contributed by atoms with Crippen molar-refractivity contribution in [1.82, 2.24) is 5.32 Å². The molecule has 0 fully saturated rings. The lowest BCUT2D eigenvalue weighted by atomic mass is 10.1. The molecule has 1 amide bonds. The summed E-state index contributed by atoms with van der Waals surface area (Å²) in [5.74, 6) is 0.707. The number of rotatable bonds is 4. The van der Waals surface area contributed by atoms with Crippen molar-refractivity contribution >= 4 is 5.91 Å². The first kappa shape index (κ1) is 12.6. The third-order valence-electron chi connectivity index (χ3n) is 2.52. The maximum atomic E-state index is 11.5. The predicted molar refractivity (Wildman–Crippen MR) is 64.7 cm³/mol. The highest BCUT2D eigenvalue weighted by molar-refractivity contribution is 5.80. The van der Waals surface area contributed by atoms with Gasteiger partial charge in [0.1, 0.15) is 5.75 Å². The average molecular weight is 221 g/mol. The van der Waals surface area contributed by atoms with Gasteiger partial charge >= 0.3 is 0 Å². The molecule has 1 N–H and O–H groups in total. The van der Waals surface area contributed by atoms with Gasteiger partial charge in [0.05, 0.1) is 0 Å². The van der Waals surface area contributed by atoms with Crippen molar-refractivity contribution in [3.63, 3.8) is 0 Å². The molecule has 0 bridgehead atoms. The molecular weight excluding hydrogens is 202 g/mol. The quantitative estimate of drug-likeness (QED) is 0.846. The summed E-state index contributed by atoms with van der Waals surface area (Å²) in [6.45, 7) is 5.92. The fourth-order valence-electron chi connectivity index (χ4n) is 1.47. The average Bonchev–Trinajstić information content (AvgIpc) is 2.29. The Kier molecular flexibility index (Phi) is 4.35. The van der Waals surface area contributed by atoms with E-state index in [0.717, 1.165) is 16.9 Å². The molecule has 0 unspecified atom stereocenters. The van der Waals surface area contributed by atoms with Gasteiger partial charge in [-0.3, -0.25) is 4.79 Å². The number of aryl methyl sites for hydroxylation is 2. The molecular formula is C13H19NO2. The SMILES string of the molecule is CC[C@H](Oc1cc(C)ccc1C)C(=O)NC. The summed E-state index contributed by atoms with van der Waals surface area (Å²) in [5.41, 5.74) is 2.18. The highest BCUT2D eigenvalue weighted by Gasteiger charge is 2.17. The van der Waals surface area contributed by atoms with Gasteiger partial charge in [0.2, 0.25) is 0 Å². The molecule has 0 saturated carbocycles. The number of ether oxygens (including phenoxy) is 1. The van der Waals surface area contributed by atoms with E-state index in [-0.39, 0.29) is 5.91 Å². The van der Waals surface area contributed by atoms with Crippen LogP contribution in [0.15, 0.2) is 18.2 Å². The second-order valence-electron chi connectivity index (χ2n) is 3.90. The number of carbonyl (C=O) groups excluding carboxylic acids is 1. The Balaban J connectivity index is 2.85. The minimum absolute atomic E-state index is 0.0802. The third-order valence-corrected chi connectivity index (χ3v) is 2.52. The van der Waals surface area contributed by atoms with Gasteiger partial charge in [-0.2, -0.15) is 0 Å². The molecule has 0 spiro atoms. The van der Waals surface area contributed by atoms with Gasteiger partial charge in [-0.05, 0) is 37.5 Å². The number of benzene rings is 1. The molecule has 16 heavy (non-hydrogen) atoms. The van der Waals surface area contributed by atoms with Crippen LogP contribution in [0.3, 0.4) is 0 Å². The van der Waals surface area contributed by atoms with Crippen LogP contribution in [0.1, 0.15) is 24.5 Å².